The van der Waals surface area contributed by atoms with Gasteiger partial charge in [-0.3, -0.25) is 0 Å². The maximum absolute atomic E-state index is 6.49. The molecule has 9 aromatic rings. The van der Waals surface area contributed by atoms with Gasteiger partial charge in [0.05, 0.1) is 0 Å². The van der Waals surface area contributed by atoms with E-state index in [4.69, 9.17) is 21.5 Å². The predicted molar refractivity (Wildman–Crippen MR) is 283 cm³/mol. The maximum atomic E-state index is 6.49. The monoisotopic (exact) mass is 980 g/mol. The largest absolute Gasteiger partial charge is 0.456 e. The number of furan rings is 2. The fourth-order valence-electron chi connectivity index (χ4n) is 8.90. The van der Waals surface area contributed by atoms with Gasteiger partial charge >= 0.3 is 0 Å². The van der Waals surface area contributed by atoms with Crippen molar-refractivity contribution in [2.75, 3.05) is 0 Å². The second-order valence-electron chi connectivity index (χ2n) is 16.2. The highest BCUT2D eigenvalue weighted by atomic mass is 127. The second-order valence-corrected chi connectivity index (χ2v) is 20.4. The summed E-state index contributed by atoms with van der Waals surface area (Å²) >= 11 is 11.2. The molecule has 0 bridgehead atoms. The number of hydrogen-bond donors (Lipinski definition) is 1. The molecule has 0 radical (unpaired) electrons. The van der Waals surface area contributed by atoms with E-state index in [1.165, 1.54) is 58.5 Å². The van der Waals surface area contributed by atoms with Gasteiger partial charge in [-0.05, 0) is 118 Å². The maximum Gasteiger partial charge on any atom is 0.135 e. The number of thiophene rings is 2. The first-order valence-corrected chi connectivity index (χ1v) is 24.6. The van der Waals surface area contributed by atoms with Crippen molar-refractivity contribution in [2.24, 2.45) is 0 Å². The molecule has 0 fully saturated rings. The summed E-state index contributed by atoms with van der Waals surface area (Å²) in [5, 5.41) is 4.67. The fourth-order valence-corrected chi connectivity index (χ4v) is 12.2. The average molecular weight is 981 g/mol. The van der Waals surface area contributed by atoms with Crippen LogP contribution in [0, 0.1) is 0 Å². The molecule has 4 unspecified atom stereocenters. The van der Waals surface area contributed by atoms with Crippen LogP contribution < -0.4 is 0 Å². The van der Waals surface area contributed by atoms with Crippen LogP contribution in [0.15, 0.2) is 215 Å². The molecule has 2 nitrogen and oxygen atoms in total. The molecular formula is C57H41IO2S3. The first kappa shape index (κ1) is 40.2. The van der Waals surface area contributed by atoms with Crippen LogP contribution in [0.2, 0.25) is 0 Å². The number of hydrogen-bond acceptors (Lipinski definition) is 5. The second kappa shape index (κ2) is 17.1. The Labute approximate surface area is 394 Å². The molecule has 63 heavy (non-hydrogen) atoms. The number of allylic oxidation sites excluding steroid dienone is 12. The summed E-state index contributed by atoms with van der Waals surface area (Å²) < 4.78 is 13.3. The van der Waals surface area contributed by atoms with Gasteiger partial charge in [0.15, 0.2) is 0 Å². The summed E-state index contributed by atoms with van der Waals surface area (Å²) in [6.07, 6.45) is 24.5. The predicted octanol–water partition coefficient (Wildman–Crippen LogP) is 17.7. The Bertz CT molecular complexity index is 3400. The number of halogens is 1. The first-order chi connectivity index (χ1) is 31.0. The Balaban J connectivity index is 0.824. The van der Waals surface area contributed by atoms with Crippen molar-refractivity contribution in [1.82, 2.24) is 0 Å². The van der Waals surface area contributed by atoms with Crippen LogP contribution in [-0.4, -0.2) is 9.17 Å². The summed E-state index contributed by atoms with van der Waals surface area (Å²) in [5.41, 5.74) is 12.3. The van der Waals surface area contributed by atoms with Crippen molar-refractivity contribution in [3.63, 3.8) is 0 Å². The summed E-state index contributed by atoms with van der Waals surface area (Å²) in [5.74, 6) is 0.439. The van der Waals surface area contributed by atoms with Gasteiger partial charge in [-0.1, -0.05) is 151 Å². The zero-order valence-corrected chi connectivity index (χ0v) is 38.8. The van der Waals surface area contributed by atoms with E-state index in [1.807, 2.05) is 34.8 Å². The lowest BCUT2D eigenvalue weighted by molar-refractivity contribution is 0.667. The zero-order chi connectivity index (χ0) is 42.4. The van der Waals surface area contributed by atoms with E-state index in [0.717, 1.165) is 50.3 Å². The van der Waals surface area contributed by atoms with Crippen molar-refractivity contribution < 1.29 is 8.83 Å². The SMILES string of the molecule is C=C/C=C\C=C/CC1=CC(c2ccc3c(c2)oc2ccc(-c4ccc(-c5ccc(-c6ccc7oc8cc(C9C=C(c%10ccccc%10)C=CC9I)ccc8c7c6)s5)s4)cc23)C(S)C=C1. The lowest BCUT2D eigenvalue weighted by Gasteiger charge is -2.22. The molecule has 2 aliphatic rings. The van der Waals surface area contributed by atoms with E-state index >= 15 is 0 Å². The first-order valence-electron chi connectivity index (χ1n) is 21.2. The summed E-state index contributed by atoms with van der Waals surface area (Å²) in [6.45, 7) is 3.74. The molecule has 6 heteroatoms. The lowest BCUT2D eigenvalue weighted by atomic mass is 9.87. The summed E-state index contributed by atoms with van der Waals surface area (Å²) in [4.78, 5) is 5.01. The van der Waals surface area contributed by atoms with Gasteiger partial charge in [-0.15, -0.1) is 22.7 Å². The topological polar surface area (TPSA) is 26.3 Å². The van der Waals surface area contributed by atoms with Crippen molar-refractivity contribution in [3.8, 4) is 30.6 Å². The van der Waals surface area contributed by atoms with E-state index in [1.54, 1.807) is 6.08 Å². The van der Waals surface area contributed by atoms with Gasteiger partial charge in [-0.25, -0.2) is 0 Å². The Morgan fingerprint density at radius 1 is 0.556 bits per heavy atom. The molecular weight excluding hydrogens is 940 g/mol. The number of rotatable bonds is 10. The molecule has 0 amide bonds. The average Bonchev–Trinajstić information content (AvgIpc) is 4.14. The highest BCUT2D eigenvalue weighted by Crippen LogP contribution is 2.44. The fraction of sp³-hybridized carbons (Fsp3) is 0.0877. The van der Waals surface area contributed by atoms with Crippen LogP contribution in [0.4, 0.5) is 0 Å². The van der Waals surface area contributed by atoms with Gasteiger partial charge in [0, 0.05) is 62.1 Å². The van der Waals surface area contributed by atoms with Crippen molar-refractivity contribution in [2.45, 2.75) is 27.4 Å². The highest BCUT2D eigenvalue weighted by molar-refractivity contribution is 14.1. The minimum absolute atomic E-state index is 0.106. The Hall–Kier alpha value is -5.64. The highest BCUT2D eigenvalue weighted by Gasteiger charge is 2.24. The molecule has 0 N–H and O–H groups in total. The van der Waals surface area contributed by atoms with Gasteiger partial charge in [0.25, 0.3) is 0 Å². The summed E-state index contributed by atoms with van der Waals surface area (Å²) in [7, 11) is 0. The van der Waals surface area contributed by atoms with E-state index in [0.29, 0.717) is 3.92 Å². The molecule has 2 aliphatic carbocycles. The Morgan fingerprint density at radius 2 is 1.17 bits per heavy atom. The van der Waals surface area contributed by atoms with Crippen LogP contribution in [0.25, 0.3) is 80.1 Å². The van der Waals surface area contributed by atoms with Gasteiger partial charge < -0.3 is 8.83 Å². The minimum atomic E-state index is 0.106. The van der Waals surface area contributed by atoms with Crippen LogP contribution in [0.1, 0.15) is 34.9 Å². The molecule has 11 rings (SSSR count). The quantitative estimate of drug-likeness (QED) is 0.0640. The molecule has 0 spiro atoms. The normalized spacial score (nSPS) is 19.0. The van der Waals surface area contributed by atoms with E-state index < -0.39 is 0 Å². The van der Waals surface area contributed by atoms with Gasteiger partial charge in [-0.2, -0.15) is 12.6 Å². The molecule has 4 atom stereocenters. The summed E-state index contributed by atoms with van der Waals surface area (Å²) in [6, 6.07) is 46.3. The lowest BCUT2D eigenvalue weighted by Crippen LogP contribution is -2.12. The van der Waals surface area contributed by atoms with E-state index in [9.17, 15) is 0 Å². The van der Waals surface area contributed by atoms with Crippen LogP contribution in [0.5, 0.6) is 0 Å². The van der Waals surface area contributed by atoms with Crippen molar-refractivity contribution in [1.29, 1.82) is 0 Å². The van der Waals surface area contributed by atoms with Gasteiger partial charge in [0.2, 0.25) is 0 Å². The third-order valence-electron chi connectivity index (χ3n) is 12.2. The van der Waals surface area contributed by atoms with Crippen LogP contribution in [0.3, 0.4) is 0 Å². The smallest absolute Gasteiger partial charge is 0.135 e. The van der Waals surface area contributed by atoms with Crippen molar-refractivity contribution in [3.05, 3.63) is 223 Å². The molecule has 5 aromatic carbocycles. The Kier molecular flexibility index (Phi) is 10.9. The minimum Gasteiger partial charge on any atom is -0.456 e. The molecule has 0 aliphatic heterocycles. The van der Waals surface area contributed by atoms with Gasteiger partial charge in [0.1, 0.15) is 22.3 Å². The number of thiol groups is 1. The third kappa shape index (κ3) is 7.88. The van der Waals surface area contributed by atoms with Crippen LogP contribution >= 0.6 is 57.9 Å². The zero-order valence-electron chi connectivity index (χ0n) is 34.2. The number of alkyl halides is 1. The molecule has 306 valence electrons. The van der Waals surface area contributed by atoms with Crippen LogP contribution in [-0.2, 0) is 0 Å². The van der Waals surface area contributed by atoms with E-state index in [-0.39, 0.29) is 17.1 Å². The number of benzene rings is 5. The standard InChI is InChI=1S/C57H41IO2S3/c1-2-3-4-5-7-10-35-13-24-53(61)45(29-35)39-15-20-43-47-32-41(18-23-50(47)60-52(43)34-39)55-26-28-57(63-55)56-27-25-54(62-56)40-17-22-49-46(31-40)42-19-14-38(33-51(42)59-49)44-30-37(16-21-48(44)58)36-11-8-6-9-12-36/h2-9,11-34,44-45,48,53,61H,1,10H2/b4-3-,7-5-. The van der Waals surface area contributed by atoms with Crippen molar-refractivity contribution >= 4 is 107 Å². The van der Waals surface area contributed by atoms with E-state index in [2.05, 4.69) is 205 Å². The number of fused-ring (bicyclic) bond motifs is 6. The molecule has 0 saturated carbocycles. The molecule has 4 heterocycles. The molecule has 4 aromatic heterocycles. The third-order valence-corrected chi connectivity index (χ3v) is 16.3. The molecule has 0 saturated heterocycles. The Morgan fingerprint density at radius 3 is 1.81 bits per heavy atom.